The average molecular weight is 447 g/mol. The number of anilines is 1. The third kappa shape index (κ3) is 4.63. The largest absolute Gasteiger partial charge is 0.350 e. The van der Waals surface area contributed by atoms with E-state index >= 15 is 0 Å². The van der Waals surface area contributed by atoms with Crippen LogP contribution in [0, 0.1) is 5.82 Å². The van der Waals surface area contributed by atoms with Crippen LogP contribution in [0.4, 0.5) is 10.1 Å². The molecule has 1 N–H and O–H groups in total. The number of fused-ring (bicyclic) bond motifs is 1. The summed E-state index contributed by atoms with van der Waals surface area (Å²) in [7, 11) is 0. The molecule has 0 heterocycles. The molecular formula is C26H20ClFN2O2. The smallest absolute Gasteiger partial charge is 0.259 e. The van der Waals surface area contributed by atoms with Crippen molar-refractivity contribution in [2.75, 3.05) is 18.0 Å². The Hall–Kier alpha value is -3.70. The van der Waals surface area contributed by atoms with E-state index in [1.165, 1.54) is 29.2 Å². The van der Waals surface area contributed by atoms with Crippen molar-refractivity contribution in [3.05, 3.63) is 113 Å². The van der Waals surface area contributed by atoms with Gasteiger partial charge < -0.3 is 10.2 Å². The molecule has 0 aliphatic heterocycles. The number of carbonyl (C=O) groups excluding carboxylic acids is 2. The van der Waals surface area contributed by atoms with Crippen LogP contribution in [-0.4, -0.2) is 24.9 Å². The van der Waals surface area contributed by atoms with Crippen LogP contribution < -0.4 is 10.2 Å². The number of halogens is 2. The predicted molar refractivity (Wildman–Crippen MR) is 126 cm³/mol. The van der Waals surface area contributed by atoms with E-state index in [2.05, 4.69) is 5.32 Å². The van der Waals surface area contributed by atoms with E-state index in [1.54, 1.807) is 30.3 Å². The van der Waals surface area contributed by atoms with Gasteiger partial charge in [-0.1, -0.05) is 60.1 Å². The zero-order valence-corrected chi connectivity index (χ0v) is 17.9. The standard InChI is InChI=1S/C26H20ClFN2O2/c27-24-11-4-3-9-23(24)26(32)30(20-14-12-19(28)13-15-20)17-16-29-25(31)22-10-5-7-18-6-1-2-8-21(18)22/h1-15H,16-17H2,(H,29,31). The molecule has 4 aromatic carbocycles. The third-order valence-electron chi connectivity index (χ3n) is 5.14. The van der Waals surface area contributed by atoms with Crippen LogP contribution in [0.2, 0.25) is 5.02 Å². The van der Waals surface area contributed by atoms with Gasteiger partial charge in [0.15, 0.2) is 0 Å². The molecule has 4 nitrogen and oxygen atoms in total. The molecule has 0 aliphatic carbocycles. The number of benzene rings is 4. The van der Waals surface area contributed by atoms with Crippen LogP contribution in [0.15, 0.2) is 91.0 Å². The first kappa shape index (κ1) is 21.5. The second-order valence-corrected chi connectivity index (χ2v) is 7.60. The van der Waals surface area contributed by atoms with Crippen molar-refractivity contribution in [2.45, 2.75) is 0 Å². The van der Waals surface area contributed by atoms with E-state index in [9.17, 15) is 14.0 Å². The van der Waals surface area contributed by atoms with Gasteiger partial charge in [0, 0.05) is 24.3 Å². The molecule has 0 saturated heterocycles. The number of nitrogens with one attached hydrogen (secondary N) is 1. The molecule has 2 amide bonds. The maximum Gasteiger partial charge on any atom is 0.259 e. The minimum Gasteiger partial charge on any atom is -0.350 e. The quantitative estimate of drug-likeness (QED) is 0.412. The first-order chi connectivity index (χ1) is 15.5. The highest BCUT2D eigenvalue weighted by molar-refractivity contribution is 6.34. The highest BCUT2D eigenvalue weighted by Gasteiger charge is 2.20. The zero-order chi connectivity index (χ0) is 22.5. The molecule has 0 spiro atoms. The van der Waals surface area contributed by atoms with Crippen LogP contribution in [0.5, 0.6) is 0 Å². The van der Waals surface area contributed by atoms with Crippen LogP contribution >= 0.6 is 11.6 Å². The minimum absolute atomic E-state index is 0.187. The molecule has 0 aromatic heterocycles. The number of amides is 2. The molecule has 4 aromatic rings. The Kier molecular flexibility index (Phi) is 6.47. The summed E-state index contributed by atoms with van der Waals surface area (Å²) in [6.45, 7) is 0.391. The number of nitrogens with zero attached hydrogens (tertiary/aromatic N) is 1. The van der Waals surface area contributed by atoms with Gasteiger partial charge in [0.1, 0.15) is 5.82 Å². The van der Waals surface area contributed by atoms with Crippen molar-refractivity contribution < 1.29 is 14.0 Å². The summed E-state index contributed by atoms with van der Waals surface area (Å²) in [5.74, 6) is -0.962. The Morgan fingerprint density at radius 1 is 0.812 bits per heavy atom. The molecule has 0 fully saturated rings. The normalized spacial score (nSPS) is 10.7. The van der Waals surface area contributed by atoms with Crippen molar-refractivity contribution >= 4 is 39.9 Å². The third-order valence-corrected chi connectivity index (χ3v) is 5.47. The maximum absolute atomic E-state index is 13.4. The van der Waals surface area contributed by atoms with Crippen LogP contribution in [0.3, 0.4) is 0 Å². The van der Waals surface area contributed by atoms with Crippen molar-refractivity contribution in [1.29, 1.82) is 0 Å². The zero-order valence-electron chi connectivity index (χ0n) is 17.1. The molecule has 0 atom stereocenters. The van der Waals surface area contributed by atoms with Gasteiger partial charge in [-0.25, -0.2) is 4.39 Å². The van der Waals surface area contributed by atoms with Gasteiger partial charge >= 0.3 is 0 Å². The lowest BCUT2D eigenvalue weighted by Crippen LogP contribution is -2.39. The predicted octanol–water partition coefficient (Wildman–Crippen LogP) is 5.71. The Bertz CT molecular complexity index is 1270. The lowest BCUT2D eigenvalue weighted by atomic mass is 10.0. The summed E-state index contributed by atoms with van der Waals surface area (Å²) >= 11 is 6.22. The van der Waals surface area contributed by atoms with Crippen molar-refractivity contribution in [3.8, 4) is 0 Å². The van der Waals surface area contributed by atoms with E-state index in [1.807, 2.05) is 36.4 Å². The molecule has 6 heteroatoms. The highest BCUT2D eigenvalue weighted by atomic mass is 35.5. The SMILES string of the molecule is O=C(NCCN(C(=O)c1ccccc1Cl)c1ccc(F)cc1)c1cccc2ccccc12. The molecule has 0 bridgehead atoms. The maximum atomic E-state index is 13.4. The Morgan fingerprint density at radius 2 is 1.47 bits per heavy atom. The second-order valence-electron chi connectivity index (χ2n) is 7.20. The number of rotatable bonds is 6. The Labute approximate surface area is 190 Å². The van der Waals surface area contributed by atoms with Crippen LogP contribution in [-0.2, 0) is 0 Å². The summed E-state index contributed by atoms with van der Waals surface area (Å²) in [6.07, 6.45) is 0. The lowest BCUT2D eigenvalue weighted by Gasteiger charge is -2.24. The topological polar surface area (TPSA) is 49.4 Å². The Morgan fingerprint density at radius 3 is 2.25 bits per heavy atom. The monoisotopic (exact) mass is 446 g/mol. The summed E-state index contributed by atoms with van der Waals surface area (Å²) in [6, 6.07) is 25.6. The molecular weight excluding hydrogens is 427 g/mol. The average Bonchev–Trinajstić information content (AvgIpc) is 2.82. The first-order valence-electron chi connectivity index (χ1n) is 10.1. The van der Waals surface area contributed by atoms with E-state index in [4.69, 9.17) is 11.6 Å². The molecule has 0 unspecified atom stereocenters. The molecule has 0 aliphatic rings. The summed E-state index contributed by atoms with van der Waals surface area (Å²) in [5.41, 5.74) is 1.41. The van der Waals surface area contributed by atoms with E-state index in [0.717, 1.165) is 10.8 Å². The van der Waals surface area contributed by atoms with Gasteiger partial charge in [-0.2, -0.15) is 0 Å². The summed E-state index contributed by atoms with van der Waals surface area (Å²) in [4.78, 5) is 27.5. The van der Waals surface area contributed by atoms with E-state index in [-0.39, 0.29) is 24.9 Å². The number of carbonyl (C=O) groups is 2. The van der Waals surface area contributed by atoms with Crippen molar-refractivity contribution in [1.82, 2.24) is 5.32 Å². The molecule has 0 radical (unpaired) electrons. The van der Waals surface area contributed by atoms with E-state index in [0.29, 0.717) is 21.8 Å². The fraction of sp³-hybridized carbons (Fsp3) is 0.0769. The van der Waals surface area contributed by atoms with E-state index < -0.39 is 5.82 Å². The van der Waals surface area contributed by atoms with Crippen molar-refractivity contribution in [3.63, 3.8) is 0 Å². The van der Waals surface area contributed by atoms with Gasteiger partial charge in [-0.05, 0) is 53.2 Å². The van der Waals surface area contributed by atoms with Gasteiger partial charge in [-0.3, -0.25) is 9.59 Å². The second kappa shape index (κ2) is 9.62. The van der Waals surface area contributed by atoms with Crippen LogP contribution in [0.1, 0.15) is 20.7 Å². The molecule has 4 rings (SSSR count). The van der Waals surface area contributed by atoms with Gasteiger partial charge in [0.05, 0.1) is 10.6 Å². The fourth-order valence-electron chi connectivity index (χ4n) is 3.55. The summed E-state index contributed by atoms with van der Waals surface area (Å²) in [5, 5.41) is 5.04. The summed E-state index contributed by atoms with van der Waals surface area (Å²) < 4.78 is 13.4. The number of hydrogen-bond acceptors (Lipinski definition) is 2. The molecule has 32 heavy (non-hydrogen) atoms. The van der Waals surface area contributed by atoms with Crippen molar-refractivity contribution in [2.24, 2.45) is 0 Å². The first-order valence-corrected chi connectivity index (χ1v) is 10.5. The van der Waals surface area contributed by atoms with Gasteiger partial charge in [-0.15, -0.1) is 0 Å². The Balaban J connectivity index is 1.54. The number of hydrogen-bond donors (Lipinski definition) is 1. The molecule has 0 saturated carbocycles. The van der Waals surface area contributed by atoms with Gasteiger partial charge in [0.2, 0.25) is 0 Å². The van der Waals surface area contributed by atoms with Gasteiger partial charge in [0.25, 0.3) is 11.8 Å². The lowest BCUT2D eigenvalue weighted by molar-refractivity contribution is 0.0944. The highest BCUT2D eigenvalue weighted by Crippen LogP contribution is 2.22. The fourth-order valence-corrected chi connectivity index (χ4v) is 3.77. The minimum atomic E-state index is -0.400. The van der Waals surface area contributed by atoms with Crippen LogP contribution in [0.25, 0.3) is 10.8 Å². The molecule has 160 valence electrons.